The third-order valence-electron chi connectivity index (χ3n) is 2.59. The van der Waals surface area contributed by atoms with Gasteiger partial charge in [-0.15, -0.1) is 0 Å². The molecule has 0 saturated carbocycles. The minimum atomic E-state index is -0.660. The van der Waals surface area contributed by atoms with Crippen molar-refractivity contribution in [2.75, 3.05) is 6.61 Å². The van der Waals surface area contributed by atoms with Crippen molar-refractivity contribution in [3.05, 3.63) is 0 Å². The fourth-order valence-electron chi connectivity index (χ4n) is 1.54. The monoisotopic (exact) mass is 215 g/mol. The Bertz CT molecular complexity index is 254. The molecular formula is C10H17NO4. The summed E-state index contributed by atoms with van der Waals surface area (Å²) in [4.78, 5) is 22.6. The molecular weight excluding hydrogens is 198 g/mol. The maximum Gasteiger partial charge on any atom is 0.408 e. The predicted octanol–water partition coefficient (Wildman–Crippen LogP) is 1.07. The second kappa shape index (κ2) is 5.00. The van der Waals surface area contributed by atoms with Crippen molar-refractivity contribution in [3.8, 4) is 0 Å². The number of carbonyl (C=O) groups excluding carboxylic acids is 2. The SMILES string of the molecule is CCOC(=O)C1NC(=O)OC1C(C)CC. The van der Waals surface area contributed by atoms with Gasteiger partial charge in [0.25, 0.3) is 0 Å². The normalized spacial score (nSPS) is 26.7. The molecule has 3 unspecified atom stereocenters. The number of ether oxygens (including phenoxy) is 2. The zero-order valence-corrected chi connectivity index (χ0v) is 9.28. The molecule has 1 amide bonds. The second-order valence-electron chi connectivity index (χ2n) is 3.63. The summed E-state index contributed by atoms with van der Waals surface area (Å²) in [6.45, 7) is 5.96. The Kier molecular flexibility index (Phi) is 3.94. The highest BCUT2D eigenvalue weighted by atomic mass is 16.6. The highest BCUT2D eigenvalue weighted by Gasteiger charge is 2.42. The smallest absolute Gasteiger partial charge is 0.408 e. The molecule has 0 bridgehead atoms. The first-order valence-corrected chi connectivity index (χ1v) is 5.23. The fourth-order valence-corrected chi connectivity index (χ4v) is 1.54. The largest absolute Gasteiger partial charge is 0.464 e. The third kappa shape index (κ3) is 2.61. The van der Waals surface area contributed by atoms with Gasteiger partial charge in [-0.05, 0) is 19.3 Å². The minimum Gasteiger partial charge on any atom is -0.464 e. The fraction of sp³-hybridized carbons (Fsp3) is 0.800. The molecule has 5 nitrogen and oxygen atoms in total. The van der Waals surface area contributed by atoms with Gasteiger partial charge in [0.2, 0.25) is 0 Å². The molecule has 1 rings (SSSR count). The molecule has 86 valence electrons. The van der Waals surface area contributed by atoms with E-state index in [1.165, 1.54) is 0 Å². The van der Waals surface area contributed by atoms with Crippen LogP contribution >= 0.6 is 0 Å². The summed E-state index contributed by atoms with van der Waals surface area (Å²) < 4.78 is 9.91. The quantitative estimate of drug-likeness (QED) is 0.712. The summed E-state index contributed by atoms with van der Waals surface area (Å²) in [5.74, 6) is -0.285. The van der Waals surface area contributed by atoms with E-state index in [4.69, 9.17) is 9.47 Å². The average molecular weight is 215 g/mol. The summed E-state index contributed by atoms with van der Waals surface area (Å²) in [5.41, 5.74) is 0. The summed E-state index contributed by atoms with van der Waals surface area (Å²) in [6, 6.07) is -0.660. The number of esters is 1. The molecule has 3 atom stereocenters. The zero-order valence-electron chi connectivity index (χ0n) is 9.28. The number of amides is 1. The van der Waals surface area contributed by atoms with E-state index in [0.29, 0.717) is 6.61 Å². The Morgan fingerprint density at radius 1 is 1.60 bits per heavy atom. The van der Waals surface area contributed by atoms with Gasteiger partial charge in [-0.25, -0.2) is 9.59 Å². The Morgan fingerprint density at radius 3 is 2.80 bits per heavy atom. The van der Waals surface area contributed by atoms with E-state index in [0.717, 1.165) is 6.42 Å². The number of carbonyl (C=O) groups is 2. The molecule has 0 aromatic carbocycles. The van der Waals surface area contributed by atoms with Crippen LogP contribution in [0.15, 0.2) is 0 Å². The molecule has 1 N–H and O–H groups in total. The van der Waals surface area contributed by atoms with Crippen molar-refractivity contribution in [2.45, 2.75) is 39.3 Å². The van der Waals surface area contributed by atoms with Crippen molar-refractivity contribution < 1.29 is 19.1 Å². The Morgan fingerprint density at radius 2 is 2.27 bits per heavy atom. The van der Waals surface area contributed by atoms with E-state index in [9.17, 15) is 9.59 Å². The molecule has 15 heavy (non-hydrogen) atoms. The van der Waals surface area contributed by atoms with Gasteiger partial charge in [-0.1, -0.05) is 13.8 Å². The highest BCUT2D eigenvalue weighted by Crippen LogP contribution is 2.21. The zero-order chi connectivity index (χ0) is 11.4. The van der Waals surface area contributed by atoms with Crippen molar-refractivity contribution >= 4 is 12.1 Å². The van der Waals surface area contributed by atoms with Crippen LogP contribution in [0, 0.1) is 5.92 Å². The number of hydrogen-bond acceptors (Lipinski definition) is 4. The standard InChI is InChI=1S/C10H17NO4/c1-4-6(3)8-7(9(12)14-5-2)11-10(13)15-8/h6-8H,4-5H2,1-3H3,(H,11,13). The molecule has 1 aliphatic heterocycles. The van der Waals surface area contributed by atoms with Crippen LogP contribution in [0.1, 0.15) is 27.2 Å². The molecule has 1 aliphatic rings. The van der Waals surface area contributed by atoms with Crippen LogP contribution in [-0.4, -0.2) is 30.8 Å². The van der Waals surface area contributed by atoms with Crippen LogP contribution in [-0.2, 0) is 14.3 Å². The van der Waals surface area contributed by atoms with Crippen molar-refractivity contribution in [1.29, 1.82) is 0 Å². The Balaban J connectivity index is 2.68. The van der Waals surface area contributed by atoms with Crippen LogP contribution in [0.2, 0.25) is 0 Å². The van der Waals surface area contributed by atoms with Crippen LogP contribution < -0.4 is 5.32 Å². The van der Waals surface area contributed by atoms with Gasteiger partial charge in [0.1, 0.15) is 6.10 Å². The Hall–Kier alpha value is -1.26. The first kappa shape index (κ1) is 11.8. The van der Waals surface area contributed by atoms with Gasteiger partial charge in [0.05, 0.1) is 6.61 Å². The highest BCUT2D eigenvalue weighted by molar-refractivity contribution is 5.84. The number of nitrogens with one attached hydrogen (secondary N) is 1. The molecule has 0 aromatic heterocycles. The summed E-state index contributed by atoms with van der Waals surface area (Å²) in [6.07, 6.45) is -0.116. The lowest BCUT2D eigenvalue weighted by Crippen LogP contribution is -2.43. The lowest BCUT2D eigenvalue weighted by Gasteiger charge is -2.20. The number of rotatable bonds is 4. The molecule has 1 heterocycles. The van der Waals surface area contributed by atoms with Gasteiger partial charge < -0.3 is 14.8 Å². The number of hydrogen-bond donors (Lipinski definition) is 1. The molecule has 0 aromatic rings. The summed E-state index contributed by atoms with van der Waals surface area (Å²) in [5, 5.41) is 2.47. The maximum atomic E-state index is 11.5. The van der Waals surface area contributed by atoms with E-state index < -0.39 is 24.2 Å². The second-order valence-corrected chi connectivity index (χ2v) is 3.63. The lowest BCUT2D eigenvalue weighted by molar-refractivity contribution is -0.147. The van der Waals surface area contributed by atoms with Gasteiger partial charge in [-0.2, -0.15) is 0 Å². The molecule has 0 spiro atoms. The van der Waals surface area contributed by atoms with Crippen LogP contribution in [0.3, 0.4) is 0 Å². The summed E-state index contributed by atoms with van der Waals surface area (Å²) in [7, 11) is 0. The van der Waals surface area contributed by atoms with Gasteiger partial charge in [0, 0.05) is 0 Å². The van der Waals surface area contributed by atoms with Crippen LogP contribution in [0.25, 0.3) is 0 Å². The average Bonchev–Trinajstić information content (AvgIpc) is 2.59. The van der Waals surface area contributed by atoms with Crippen molar-refractivity contribution in [2.24, 2.45) is 5.92 Å². The first-order valence-electron chi connectivity index (χ1n) is 5.23. The van der Waals surface area contributed by atoms with Crippen molar-refractivity contribution in [1.82, 2.24) is 5.32 Å². The van der Waals surface area contributed by atoms with E-state index in [2.05, 4.69) is 5.32 Å². The van der Waals surface area contributed by atoms with Gasteiger partial charge in [0.15, 0.2) is 6.04 Å². The minimum absolute atomic E-state index is 0.137. The van der Waals surface area contributed by atoms with Crippen LogP contribution in [0.5, 0.6) is 0 Å². The topological polar surface area (TPSA) is 64.6 Å². The Labute approximate surface area is 89.1 Å². The van der Waals surface area contributed by atoms with Gasteiger partial charge >= 0.3 is 12.1 Å². The molecule has 0 radical (unpaired) electrons. The molecule has 0 aliphatic carbocycles. The number of alkyl carbamates (subject to hydrolysis) is 1. The summed E-state index contributed by atoms with van der Waals surface area (Å²) >= 11 is 0. The first-order chi connectivity index (χ1) is 7.10. The van der Waals surface area contributed by atoms with E-state index in [1.807, 2.05) is 13.8 Å². The van der Waals surface area contributed by atoms with E-state index >= 15 is 0 Å². The van der Waals surface area contributed by atoms with Gasteiger partial charge in [-0.3, -0.25) is 0 Å². The maximum absolute atomic E-state index is 11.5. The predicted molar refractivity (Wildman–Crippen MR) is 53.3 cm³/mol. The van der Waals surface area contributed by atoms with Crippen molar-refractivity contribution in [3.63, 3.8) is 0 Å². The molecule has 1 saturated heterocycles. The van der Waals surface area contributed by atoms with Crippen LogP contribution in [0.4, 0.5) is 4.79 Å². The number of cyclic esters (lactones) is 1. The molecule has 5 heteroatoms. The molecule has 1 fully saturated rings. The lowest BCUT2D eigenvalue weighted by atomic mass is 9.96. The third-order valence-corrected chi connectivity index (χ3v) is 2.59. The van der Waals surface area contributed by atoms with E-state index in [1.54, 1.807) is 6.92 Å². The van der Waals surface area contributed by atoms with E-state index in [-0.39, 0.29) is 5.92 Å².